The fourth-order valence-corrected chi connectivity index (χ4v) is 2.75. The van der Waals surface area contributed by atoms with Gasteiger partial charge in [-0.3, -0.25) is 9.59 Å². The average Bonchev–Trinajstić information content (AvgIpc) is 3.11. The van der Waals surface area contributed by atoms with E-state index in [2.05, 4.69) is 15.4 Å². The van der Waals surface area contributed by atoms with Gasteiger partial charge in [-0.1, -0.05) is 12.1 Å². The van der Waals surface area contributed by atoms with Crippen LogP contribution in [0.5, 0.6) is 0 Å². The molecule has 1 saturated heterocycles. The molecule has 24 heavy (non-hydrogen) atoms. The highest BCUT2D eigenvalue weighted by Gasteiger charge is 2.33. The number of halogens is 1. The Labute approximate surface area is 138 Å². The van der Waals surface area contributed by atoms with Crippen LogP contribution in [-0.4, -0.2) is 39.2 Å². The third kappa shape index (κ3) is 3.12. The summed E-state index contributed by atoms with van der Waals surface area (Å²) in [6, 6.07) is 4.89. The second kappa shape index (κ2) is 6.77. The van der Waals surface area contributed by atoms with Gasteiger partial charge in [0.05, 0.1) is 5.69 Å². The van der Waals surface area contributed by atoms with Crippen molar-refractivity contribution in [3.05, 3.63) is 42.7 Å². The fourth-order valence-electron chi connectivity index (χ4n) is 2.75. The Kier molecular flexibility index (Phi) is 4.54. The van der Waals surface area contributed by atoms with Gasteiger partial charge >= 0.3 is 0 Å². The van der Waals surface area contributed by atoms with Crippen LogP contribution in [0.3, 0.4) is 0 Å². The van der Waals surface area contributed by atoms with Gasteiger partial charge in [0.1, 0.15) is 30.6 Å². The quantitative estimate of drug-likeness (QED) is 0.915. The van der Waals surface area contributed by atoms with Gasteiger partial charge in [0.25, 0.3) is 0 Å². The van der Waals surface area contributed by atoms with Gasteiger partial charge in [-0.05, 0) is 31.9 Å². The van der Waals surface area contributed by atoms with Crippen LogP contribution >= 0.6 is 0 Å². The molecule has 2 aromatic rings. The van der Waals surface area contributed by atoms with Crippen LogP contribution in [0.25, 0.3) is 0 Å². The molecule has 8 heteroatoms. The first-order valence-corrected chi connectivity index (χ1v) is 7.78. The summed E-state index contributed by atoms with van der Waals surface area (Å²) in [7, 11) is 0. The number of aromatic nitrogens is 3. The minimum absolute atomic E-state index is 0.241. The van der Waals surface area contributed by atoms with Crippen LogP contribution in [-0.2, 0) is 9.59 Å². The van der Waals surface area contributed by atoms with E-state index in [9.17, 15) is 14.0 Å². The Hall–Kier alpha value is -2.77. The highest BCUT2D eigenvalue weighted by Crippen LogP contribution is 2.24. The van der Waals surface area contributed by atoms with Gasteiger partial charge in [0.15, 0.2) is 0 Å². The molecule has 0 aliphatic carbocycles. The predicted octanol–water partition coefficient (Wildman–Crippen LogP) is 1.29. The van der Waals surface area contributed by atoms with Crippen LogP contribution in [0.4, 0.5) is 10.1 Å². The Morgan fingerprint density at radius 3 is 2.92 bits per heavy atom. The van der Waals surface area contributed by atoms with Gasteiger partial charge in [0, 0.05) is 6.54 Å². The minimum Gasteiger partial charge on any atom is -0.342 e. The molecule has 1 aromatic heterocycles. The molecule has 0 spiro atoms. The first-order chi connectivity index (χ1) is 11.6. The molecule has 2 heterocycles. The first kappa shape index (κ1) is 16.1. The summed E-state index contributed by atoms with van der Waals surface area (Å²) in [5.41, 5.74) is 0.241. The van der Waals surface area contributed by atoms with Crippen molar-refractivity contribution in [2.24, 2.45) is 0 Å². The second-order valence-corrected chi connectivity index (χ2v) is 5.70. The molecule has 7 nitrogen and oxygen atoms in total. The maximum absolute atomic E-state index is 14.0. The third-order valence-corrected chi connectivity index (χ3v) is 4.11. The van der Waals surface area contributed by atoms with Gasteiger partial charge in [-0.2, -0.15) is 5.10 Å². The molecule has 0 saturated carbocycles. The number of para-hydroxylation sites is 1. The molecule has 3 rings (SSSR count). The number of nitrogens with one attached hydrogen (secondary N) is 1. The summed E-state index contributed by atoms with van der Waals surface area (Å²) < 4.78 is 15.4. The molecule has 0 radical (unpaired) electrons. The number of benzene rings is 1. The zero-order valence-electron chi connectivity index (χ0n) is 13.2. The minimum atomic E-state index is -0.670. The molecule has 1 aromatic carbocycles. The number of amides is 2. The molecule has 1 fully saturated rings. The number of hydrogen-bond donors (Lipinski definition) is 1. The Morgan fingerprint density at radius 2 is 2.21 bits per heavy atom. The highest BCUT2D eigenvalue weighted by molar-refractivity contribution is 6.00. The van der Waals surface area contributed by atoms with E-state index in [1.165, 1.54) is 28.3 Å². The molecular formula is C16H18FN5O2. The summed E-state index contributed by atoms with van der Waals surface area (Å²) in [6.45, 7) is 2.11. The van der Waals surface area contributed by atoms with E-state index in [4.69, 9.17) is 0 Å². The van der Waals surface area contributed by atoms with E-state index in [0.29, 0.717) is 19.4 Å². The van der Waals surface area contributed by atoms with Crippen molar-refractivity contribution < 1.29 is 14.0 Å². The molecule has 1 aliphatic heterocycles. The number of carbonyl (C=O) groups is 2. The lowest BCUT2D eigenvalue weighted by Gasteiger charge is -2.33. The van der Waals surface area contributed by atoms with Crippen molar-refractivity contribution in [1.82, 2.24) is 20.1 Å². The van der Waals surface area contributed by atoms with Crippen molar-refractivity contribution in [3.8, 4) is 0 Å². The Morgan fingerprint density at radius 1 is 1.42 bits per heavy atom. The summed E-state index contributed by atoms with van der Waals surface area (Å²) in [5.74, 6) is -1.08. The van der Waals surface area contributed by atoms with Gasteiger partial charge in [-0.25, -0.2) is 14.1 Å². The van der Waals surface area contributed by atoms with Crippen molar-refractivity contribution in [3.63, 3.8) is 0 Å². The van der Waals surface area contributed by atoms with Crippen LogP contribution in [0, 0.1) is 5.82 Å². The molecule has 0 unspecified atom stereocenters. The highest BCUT2D eigenvalue weighted by atomic mass is 19.1. The van der Waals surface area contributed by atoms with E-state index in [1.54, 1.807) is 25.1 Å². The SMILES string of the molecule is C[C@@H](C(=O)N[C@H]1CCCN(c2ccccc2F)C1=O)n1cncn1. The van der Waals surface area contributed by atoms with Crippen LogP contribution in [0.1, 0.15) is 25.8 Å². The third-order valence-electron chi connectivity index (χ3n) is 4.11. The maximum atomic E-state index is 14.0. The lowest BCUT2D eigenvalue weighted by atomic mass is 10.0. The number of rotatable bonds is 4. The van der Waals surface area contributed by atoms with E-state index < -0.39 is 17.9 Å². The maximum Gasteiger partial charge on any atom is 0.249 e. The molecule has 0 bridgehead atoms. The zero-order chi connectivity index (χ0) is 17.1. The number of anilines is 1. The summed E-state index contributed by atoms with van der Waals surface area (Å²) in [6.07, 6.45) is 4.00. The second-order valence-electron chi connectivity index (χ2n) is 5.70. The molecule has 1 aliphatic rings. The lowest BCUT2D eigenvalue weighted by molar-refractivity contribution is -0.130. The van der Waals surface area contributed by atoms with Gasteiger partial charge < -0.3 is 10.2 Å². The van der Waals surface area contributed by atoms with E-state index in [-0.39, 0.29) is 17.5 Å². The van der Waals surface area contributed by atoms with Crippen molar-refractivity contribution in [1.29, 1.82) is 0 Å². The summed E-state index contributed by atoms with van der Waals surface area (Å²) >= 11 is 0. The Balaban J connectivity index is 1.71. The summed E-state index contributed by atoms with van der Waals surface area (Å²) in [5, 5.41) is 6.66. The number of hydrogen-bond acceptors (Lipinski definition) is 4. The van der Waals surface area contributed by atoms with E-state index in [1.807, 2.05) is 0 Å². The van der Waals surface area contributed by atoms with Crippen LogP contribution < -0.4 is 10.2 Å². The fraction of sp³-hybridized carbons (Fsp3) is 0.375. The topological polar surface area (TPSA) is 80.1 Å². The lowest BCUT2D eigenvalue weighted by Crippen LogP contribution is -2.53. The monoisotopic (exact) mass is 331 g/mol. The molecule has 2 atom stereocenters. The standard InChI is InChI=1S/C16H18FN5O2/c1-11(22-10-18-9-19-22)15(23)20-13-6-4-8-21(16(13)24)14-7-3-2-5-12(14)17/h2-3,5,7,9-11,13H,4,6,8H2,1H3,(H,20,23)/t11-,13-/m0/s1. The van der Waals surface area contributed by atoms with Gasteiger partial charge in [0.2, 0.25) is 11.8 Å². The first-order valence-electron chi connectivity index (χ1n) is 7.78. The van der Waals surface area contributed by atoms with Crippen molar-refractivity contribution >= 4 is 17.5 Å². The average molecular weight is 331 g/mol. The molecular weight excluding hydrogens is 313 g/mol. The predicted molar refractivity (Wildman–Crippen MR) is 84.7 cm³/mol. The van der Waals surface area contributed by atoms with E-state index in [0.717, 1.165) is 0 Å². The smallest absolute Gasteiger partial charge is 0.249 e. The largest absolute Gasteiger partial charge is 0.342 e. The molecule has 2 amide bonds. The molecule has 1 N–H and O–H groups in total. The number of piperidine rings is 1. The number of nitrogens with zero attached hydrogens (tertiary/aromatic N) is 4. The Bertz CT molecular complexity index is 734. The zero-order valence-corrected chi connectivity index (χ0v) is 13.2. The summed E-state index contributed by atoms with van der Waals surface area (Å²) in [4.78, 5) is 30.1. The van der Waals surface area contributed by atoms with E-state index >= 15 is 0 Å². The van der Waals surface area contributed by atoms with Gasteiger partial charge in [-0.15, -0.1) is 0 Å². The number of carbonyl (C=O) groups excluding carboxylic acids is 2. The normalized spacial score (nSPS) is 19.2. The van der Waals surface area contributed by atoms with Crippen LogP contribution in [0.2, 0.25) is 0 Å². The molecule has 126 valence electrons. The van der Waals surface area contributed by atoms with Crippen molar-refractivity contribution in [2.45, 2.75) is 31.8 Å². The van der Waals surface area contributed by atoms with Crippen molar-refractivity contribution in [2.75, 3.05) is 11.4 Å². The van der Waals surface area contributed by atoms with Crippen LogP contribution in [0.15, 0.2) is 36.9 Å².